The first kappa shape index (κ1) is 16.3. The zero-order valence-corrected chi connectivity index (χ0v) is 13.5. The number of hydrogen-bond acceptors (Lipinski definition) is 3. The van der Waals surface area contributed by atoms with Crippen LogP contribution in [0.15, 0.2) is 78.9 Å². The van der Waals surface area contributed by atoms with Crippen molar-refractivity contribution in [1.82, 2.24) is 0 Å². The molecule has 0 aromatic heterocycles. The standard InChI is InChI=1S/C21H16N2O2/c22-14-16-6-8-17(9-7-16)18-10-12-20(13-11-18)25-15-21(24)23-19-4-2-1-3-5-19/h1-13H,15H2,(H,23,24). The van der Waals surface area contributed by atoms with Crippen molar-refractivity contribution in [2.75, 3.05) is 11.9 Å². The lowest BCUT2D eigenvalue weighted by Crippen LogP contribution is -2.20. The average Bonchev–Trinajstić information content (AvgIpc) is 2.68. The molecule has 3 aromatic carbocycles. The molecule has 0 spiro atoms. The van der Waals surface area contributed by atoms with Crippen LogP contribution in [-0.2, 0) is 4.79 Å². The van der Waals surface area contributed by atoms with E-state index in [1.165, 1.54) is 0 Å². The van der Waals surface area contributed by atoms with Gasteiger partial charge in [0.25, 0.3) is 5.91 Å². The van der Waals surface area contributed by atoms with Gasteiger partial charge >= 0.3 is 0 Å². The zero-order valence-electron chi connectivity index (χ0n) is 13.5. The van der Waals surface area contributed by atoms with Gasteiger partial charge in [0.15, 0.2) is 6.61 Å². The van der Waals surface area contributed by atoms with Gasteiger partial charge < -0.3 is 10.1 Å². The lowest BCUT2D eigenvalue weighted by atomic mass is 10.0. The molecule has 25 heavy (non-hydrogen) atoms. The summed E-state index contributed by atoms with van der Waals surface area (Å²) in [5.41, 5.74) is 3.42. The first-order valence-electron chi connectivity index (χ1n) is 7.83. The molecule has 122 valence electrons. The number of carbonyl (C=O) groups excluding carboxylic acids is 1. The molecule has 0 aliphatic heterocycles. The normalized spacial score (nSPS) is 9.88. The lowest BCUT2D eigenvalue weighted by Gasteiger charge is -2.08. The minimum absolute atomic E-state index is 0.0505. The van der Waals surface area contributed by atoms with Crippen molar-refractivity contribution in [3.8, 4) is 22.9 Å². The highest BCUT2D eigenvalue weighted by molar-refractivity contribution is 5.91. The highest BCUT2D eigenvalue weighted by atomic mass is 16.5. The van der Waals surface area contributed by atoms with Crippen molar-refractivity contribution in [2.45, 2.75) is 0 Å². The molecule has 4 nitrogen and oxygen atoms in total. The number of amides is 1. The van der Waals surface area contributed by atoms with Gasteiger partial charge in [0.05, 0.1) is 11.6 Å². The van der Waals surface area contributed by atoms with Crippen LogP contribution in [0.3, 0.4) is 0 Å². The molecule has 1 N–H and O–H groups in total. The van der Waals surface area contributed by atoms with Gasteiger partial charge in [-0.05, 0) is 47.5 Å². The minimum Gasteiger partial charge on any atom is -0.484 e. The third-order valence-corrected chi connectivity index (χ3v) is 3.63. The fourth-order valence-electron chi connectivity index (χ4n) is 2.35. The summed E-state index contributed by atoms with van der Waals surface area (Å²) in [7, 11) is 0. The number of rotatable bonds is 5. The molecule has 0 aliphatic rings. The van der Waals surface area contributed by atoms with E-state index in [9.17, 15) is 4.79 Å². The monoisotopic (exact) mass is 328 g/mol. The van der Waals surface area contributed by atoms with Crippen LogP contribution in [-0.4, -0.2) is 12.5 Å². The second-order valence-corrected chi connectivity index (χ2v) is 5.42. The van der Waals surface area contributed by atoms with Crippen LogP contribution in [0.4, 0.5) is 5.69 Å². The van der Waals surface area contributed by atoms with Gasteiger partial charge in [-0.2, -0.15) is 5.26 Å². The Morgan fingerprint density at radius 1 is 0.880 bits per heavy atom. The maximum absolute atomic E-state index is 11.9. The van der Waals surface area contributed by atoms with E-state index >= 15 is 0 Å². The Labute approximate surface area is 146 Å². The van der Waals surface area contributed by atoms with Gasteiger partial charge in [-0.25, -0.2) is 0 Å². The Bertz CT molecular complexity index is 880. The summed E-state index contributed by atoms with van der Waals surface area (Å²) in [6.45, 7) is -0.0505. The van der Waals surface area contributed by atoms with Crippen LogP contribution in [0.1, 0.15) is 5.56 Å². The summed E-state index contributed by atoms with van der Waals surface area (Å²) in [6, 6.07) is 26.2. The Balaban J connectivity index is 1.57. The first-order chi connectivity index (χ1) is 12.2. The Morgan fingerprint density at radius 2 is 1.48 bits per heavy atom. The van der Waals surface area contributed by atoms with Crippen LogP contribution < -0.4 is 10.1 Å². The highest BCUT2D eigenvalue weighted by Crippen LogP contribution is 2.22. The quantitative estimate of drug-likeness (QED) is 0.762. The van der Waals surface area contributed by atoms with Crippen molar-refractivity contribution in [2.24, 2.45) is 0 Å². The molecule has 1 amide bonds. The topological polar surface area (TPSA) is 62.1 Å². The number of hydrogen-bond donors (Lipinski definition) is 1. The molecule has 0 fully saturated rings. The fraction of sp³-hybridized carbons (Fsp3) is 0.0476. The summed E-state index contributed by atoms with van der Waals surface area (Å²) < 4.78 is 5.51. The SMILES string of the molecule is N#Cc1ccc(-c2ccc(OCC(=O)Nc3ccccc3)cc2)cc1. The van der Waals surface area contributed by atoms with Gasteiger partial charge in [0.2, 0.25) is 0 Å². The molecular formula is C21H16N2O2. The number of nitrogens with zero attached hydrogens (tertiary/aromatic N) is 1. The van der Waals surface area contributed by atoms with Crippen molar-refractivity contribution in [3.05, 3.63) is 84.4 Å². The van der Waals surface area contributed by atoms with Gasteiger partial charge in [-0.1, -0.05) is 42.5 Å². The van der Waals surface area contributed by atoms with Gasteiger partial charge in [-0.3, -0.25) is 4.79 Å². The van der Waals surface area contributed by atoms with Crippen LogP contribution in [0.2, 0.25) is 0 Å². The second kappa shape index (κ2) is 7.80. The molecule has 0 radical (unpaired) electrons. The molecule has 0 heterocycles. The van der Waals surface area contributed by atoms with Crippen molar-refractivity contribution >= 4 is 11.6 Å². The average molecular weight is 328 g/mol. The molecule has 0 saturated heterocycles. The van der Waals surface area contributed by atoms with Gasteiger partial charge in [-0.15, -0.1) is 0 Å². The summed E-state index contributed by atoms with van der Waals surface area (Å²) in [5.74, 6) is 0.419. The highest BCUT2D eigenvalue weighted by Gasteiger charge is 2.04. The van der Waals surface area contributed by atoms with E-state index in [1.54, 1.807) is 12.1 Å². The fourth-order valence-corrected chi connectivity index (χ4v) is 2.35. The summed E-state index contributed by atoms with van der Waals surface area (Å²) in [6.07, 6.45) is 0. The minimum atomic E-state index is -0.206. The van der Waals surface area contributed by atoms with Crippen LogP contribution >= 0.6 is 0 Å². The third kappa shape index (κ3) is 4.46. The molecule has 0 bridgehead atoms. The Kier molecular flexibility index (Phi) is 5.08. The molecule has 0 saturated carbocycles. The molecule has 0 aliphatic carbocycles. The van der Waals surface area contributed by atoms with Crippen LogP contribution in [0.25, 0.3) is 11.1 Å². The number of para-hydroxylation sites is 1. The summed E-state index contributed by atoms with van der Waals surface area (Å²) in [5, 5.41) is 11.6. The molecule has 0 unspecified atom stereocenters. The second-order valence-electron chi connectivity index (χ2n) is 5.42. The van der Waals surface area contributed by atoms with Crippen molar-refractivity contribution in [3.63, 3.8) is 0 Å². The lowest BCUT2D eigenvalue weighted by molar-refractivity contribution is -0.118. The smallest absolute Gasteiger partial charge is 0.262 e. The number of nitrogens with one attached hydrogen (secondary N) is 1. The predicted octanol–water partition coefficient (Wildman–Crippen LogP) is 4.24. The summed E-state index contributed by atoms with van der Waals surface area (Å²) >= 11 is 0. The maximum atomic E-state index is 11.9. The summed E-state index contributed by atoms with van der Waals surface area (Å²) in [4.78, 5) is 11.9. The van der Waals surface area contributed by atoms with E-state index in [4.69, 9.17) is 10.00 Å². The predicted molar refractivity (Wildman–Crippen MR) is 97.2 cm³/mol. The Morgan fingerprint density at radius 3 is 2.08 bits per heavy atom. The first-order valence-corrected chi connectivity index (χ1v) is 7.83. The molecule has 4 heteroatoms. The van der Waals surface area contributed by atoms with E-state index in [-0.39, 0.29) is 12.5 Å². The van der Waals surface area contributed by atoms with E-state index in [0.29, 0.717) is 11.3 Å². The molecule has 0 atom stereocenters. The zero-order chi connectivity index (χ0) is 17.5. The van der Waals surface area contributed by atoms with E-state index in [1.807, 2.05) is 66.7 Å². The maximum Gasteiger partial charge on any atom is 0.262 e. The van der Waals surface area contributed by atoms with E-state index < -0.39 is 0 Å². The number of benzene rings is 3. The number of carbonyl (C=O) groups is 1. The van der Waals surface area contributed by atoms with E-state index in [2.05, 4.69) is 11.4 Å². The Hall–Kier alpha value is -3.58. The van der Waals surface area contributed by atoms with E-state index in [0.717, 1.165) is 16.8 Å². The van der Waals surface area contributed by atoms with Crippen LogP contribution in [0, 0.1) is 11.3 Å². The van der Waals surface area contributed by atoms with Crippen LogP contribution in [0.5, 0.6) is 5.75 Å². The van der Waals surface area contributed by atoms with Crippen molar-refractivity contribution in [1.29, 1.82) is 5.26 Å². The molecular weight excluding hydrogens is 312 g/mol. The molecule has 3 aromatic rings. The number of ether oxygens (including phenoxy) is 1. The third-order valence-electron chi connectivity index (χ3n) is 3.63. The van der Waals surface area contributed by atoms with Gasteiger partial charge in [0, 0.05) is 5.69 Å². The largest absolute Gasteiger partial charge is 0.484 e. The van der Waals surface area contributed by atoms with Crippen molar-refractivity contribution < 1.29 is 9.53 Å². The van der Waals surface area contributed by atoms with Gasteiger partial charge in [0.1, 0.15) is 5.75 Å². The molecule has 3 rings (SSSR count). The number of nitriles is 1. The number of anilines is 1.